The highest BCUT2D eigenvalue weighted by Crippen LogP contribution is 2.28. The van der Waals surface area contributed by atoms with Gasteiger partial charge in [0.15, 0.2) is 0 Å². The topological polar surface area (TPSA) is 50.2 Å². The van der Waals surface area contributed by atoms with Crippen molar-refractivity contribution in [2.75, 3.05) is 26.2 Å². The van der Waals surface area contributed by atoms with E-state index in [1.54, 1.807) is 0 Å². The largest absolute Gasteiger partial charge is 0.353 e. The van der Waals surface area contributed by atoms with Gasteiger partial charge in [-0.25, -0.2) is 0 Å². The number of likely N-dealkylation sites (tertiary alicyclic amines) is 1. The summed E-state index contributed by atoms with van der Waals surface area (Å²) < 4.78 is 1.83. The van der Waals surface area contributed by atoms with Crippen LogP contribution in [0.25, 0.3) is 0 Å². The molecule has 2 aromatic rings. The fraction of sp³-hybridized carbons (Fsp3) is 0.545. The van der Waals surface area contributed by atoms with Gasteiger partial charge in [0, 0.05) is 25.3 Å². The van der Waals surface area contributed by atoms with Gasteiger partial charge in [0.1, 0.15) is 6.54 Å². The van der Waals surface area contributed by atoms with E-state index in [2.05, 4.69) is 53.4 Å². The van der Waals surface area contributed by atoms with Crippen LogP contribution in [0.2, 0.25) is 0 Å². The second kappa shape index (κ2) is 8.70. The summed E-state index contributed by atoms with van der Waals surface area (Å²) in [6, 6.07) is 8.69. The van der Waals surface area contributed by atoms with E-state index in [0.717, 1.165) is 37.4 Å². The van der Waals surface area contributed by atoms with Gasteiger partial charge in [-0.3, -0.25) is 9.48 Å². The molecule has 0 unspecified atom stereocenters. The zero-order chi connectivity index (χ0) is 19.4. The number of benzene rings is 1. The van der Waals surface area contributed by atoms with Crippen molar-refractivity contribution in [3.05, 3.63) is 52.3 Å². The Labute approximate surface area is 162 Å². The number of hydrogen-bond donors (Lipinski definition) is 1. The molecule has 0 saturated carbocycles. The average molecular weight is 369 g/mol. The Kier molecular flexibility index (Phi) is 6.32. The number of amides is 1. The van der Waals surface area contributed by atoms with Crippen LogP contribution in [0.15, 0.2) is 24.3 Å². The van der Waals surface area contributed by atoms with E-state index in [1.807, 2.05) is 18.5 Å². The molecule has 0 aliphatic carbocycles. The Balaban J connectivity index is 1.44. The maximum absolute atomic E-state index is 12.3. The third-order valence-electron chi connectivity index (χ3n) is 5.83. The van der Waals surface area contributed by atoms with E-state index in [0.29, 0.717) is 19.0 Å². The van der Waals surface area contributed by atoms with E-state index < -0.39 is 0 Å². The highest BCUT2D eigenvalue weighted by molar-refractivity contribution is 5.75. The summed E-state index contributed by atoms with van der Waals surface area (Å²) in [7, 11) is 0. The number of aromatic nitrogens is 2. The molecule has 0 bridgehead atoms. The third-order valence-corrected chi connectivity index (χ3v) is 5.83. The summed E-state index contributed by atoms with van der Waals surface area (Å²) >= 11 is 0. The van der Waals surface area contributed by atoms with Crippen LogP contribution in [-0.2, 0) is 17.8 Å². The minimum absolute atomic E-state index is 0.0397. The number of aryl methyl sites for hydroxylation is 2. The maximum Gasteiger partial charge on any atom is 0.241 e. The van der Waals surface area contributed by atoms with Crippen molar-refractivity contribution in [3.8, 4) is 0 Å². The van der Waals surface area contributed by atoms with E-state index in [1.165, 1.54) is 23.1 Å². The first kappa shape index (κ1) is 19.6. The first-order valence-corrected chi connectivity index (χ1v) is 10.1. The van der Waals surface area contributed by atoms with Crippen LogP contribution >= 0.6 is 0 Å². The highest BCUT2D eigenvalue weighted by atomic mass is 16.2. The molecule has 1 atom stereocenters. The van der Waals surface area contributed by atoms with Crippen molar-refractivity contribution in [1.29, 1.82) is 0 Å². The molecule has 1 aromatic carbocycles. The molecule has 146 valence electrons. The smallest absolute Gasteiger partial charge is 0.241 e. The predicted octanol–water partition coefficient (Wildman–Crippen LogP) is 2.98. The van der Waals surface area contributed by atoms with Crippen LogP contribution in [0, 0.1) is 20.8 Å². The molecule has 1 aromatic heterocycles. The zero-order valence-corrected chi connectivity index (χ0v) is 17.1. The lowest BCUT2D eigenvalue weighted by atomic mass is 9.94. The van der Waals surface area contributed by atoms with Gasteiger partial charge in [0.05, 0.1) is 5.69 Å². The van der Waals surface area contributed by atoms with Gasteiger partial charge in [-0.15, -0.1) is 0 Å². The standard InChI is InChI=1S/C22H32N4O/c1-5-20-17(3)24-26(18(20)4)15-22(27)23-11-13-25-12-10-19(14-25)21-9-7-6-8-16(21)2/h6-9,19H,5,10-15H2,1-4H3,(H,23,27)/t19-/m0/s1. The van der Waals surface area contributed by atoms with Gasteiger partial charge in [-0.1, -0.05) is 31.2 Å². The monoisotopic (exact) mass is 368 g/mol. The average Bonchev–Trinajstić information content (AvgIpc) is 3.20. The lowest BCUT2D eigenvalue weighted by molar-refractivity contribution is -0.121. The van der Waals surface area contributed by atoms with Gasteiger partial charge in [0.2, 0.25) is 5.91 Å². The zero-order valence-electron chi connectivity index (χ0n) is 17.1. The minimum Gasteiger partial charge on any atom is -0.353 e. The molecular formula is C22H32N4O. The molecule has 1 aliphatic rings. The Morgan fingerprint density at radius 3 is 2.74 bits per heavy atom. The Bertz CT molecular complexity index is 796. The van der Waals surface area contributed by atoms with Crippen molar-refractivity contribution in [1.82, 2.24) is 20.0 Å². The Morgan fingerprint density at radius 1 is 1.26 bits per heavy atom. The summed E-state index contributed by atoms with van der Waals surface area (Å²) in [6.45, 7) is 12.5. The molecule has 5 nitrogen and oxygen atoms in total. The maximum atomic E-state index is 12.3. The molecule has 1 fully saturated rings. The fourth-order valence-electron chi connectivity index (χ4n) is 4.28. The van der Waals surface area contributed by atoms with Crippen LogP contribution in [0.3, 0.4) is 0 Å². The molecule has 3 rings (SSSR count). The second-order valence-corrected chi connectivity index (χ2v) is 7.65. The molecule has 1 N–H and O–H groups in total. The summed E-state index contributed by atoms with van der Waals surface area (Å²) in [5, 5.41) is 7.56. The van der Waals surface area contributed by atoms with Gasteiger partial charge < -0.3 is 10.2 Å². The lowest BCUT2D eigenvalue weighted by Crippen LogP contribution is -2.35. The number of nitrogens with zero attached hydrogens (tertiary/aromatic N) is 3. The normalized spacial score (nSPS) is 17.4. The molecule has 2 heterocycles. The molecule has 5 heteroatoms. The summed E-state index contributed by atoms with van der Waals surface area (Å²) in [6.07, 6.45) is 2.15. The number of carbonyl (C=O) groups excluding carboxylic acids is 1. The first-order chi connectivity index (χ1) is 13.0. The molecular weight excluding hydrogens is 336 g/mol. The minimum atomic E-state index is 0.0397. The van der Waals surface area contributed by atoms with E-state index >= 15 is 0 Å². The molecule has 1 saturated heterocycles. The third kappa shape index (κ3) is 4.59. The van der Waals surface area contributed by atoms with Crippen molar-refractivity contribution in [2.24, 2.45) is 0 Å². The molecule has 27 heavy (non-hydrogen) atoms. The number of nitrogens with one attached hydrogen (secondary N) is 1. The SMILES string of the molecule is CCc1c(C)nn(CC(=O)NCCN2CC[C@H](c3ccccc3C)C2)c1C. The Morgan fingerprint density at radius 2 is 2.04 bits per heavy atom. The van der Waals surface area contributed by atoms with Crippen molar-refractivity contribution < 1.29 is 4.79 Å². The van der Waals surface area contributed by atoms with Crippen LogP contribution in [0.1, 0.15) is 47.3 Å². The summed E-state index contributed by atoms with van der Waals surface area (Å²) in [4.78, 5) is 14.7. The van der Waals surface area contributed by atoms with E-state index in [4.69, 9.17) is 0 Å². The fourth-order valence-corrected chi connectivity index (χ4v) is 4.28. The molecule has 1 aliphatic heterocycles. The van der Waals surface area contributed by atoms with Crippen LogP contribution < -0.4 is 5.32 Å². The predicted molar refractivity (Wildman–Crippen MR) is 109 cm³/mol. The van der Waals surface area contributed by atoms with Gasteiger partial charge in [0.25, 0.3) is 0 Å². The van der Waals surface area contributed by atoms with Gasteiger partial charge in [-0.05, 0) is 62.8 Å². The first-order valence-electron chi connectivity index (χ1n) is 10.1. The quantitative estimate of drug-likeness (QED) is 0.817. The summed E-state index contributed by atoms with van der Waals surface area (Å²) in [5.74, 6) is 0.655. The number of rotatable bonds is 7. The molecule has 0 radical (unpaired) electrons. The van der Waals surface area contributed by atoms with Crippen LogP contribution in [-0.4, -0.2) is 46.8 Å². The van der Waals surface area contributed by atoms with Gasteiger partial charge >= 0.3 is 0 Å². The second-order valence-electron chi connectivity index (χ2n) is 7.65. The lowest BCUT2D eigenvalue weighted by Gasteiger charge is -2.17. The summed E-state index contributed by atoms with van der Waals surface area (Å²) in [5.41, 5.74) is 6.24. The van der Waals surface area contributed by atoms with Crippen molar-refractivity contribution >= 4 is 5.91 Å². The van der Waals surface area contributed by atoms with Crippen molar-refractivity contribution in [3.63, 3.8) is 0 Å². The van der Waals surface area contributed by atoms with Crippen LogP contribution in [0.4, 0.5) is 0 Å². The molecule has 1 amide bonds. The van der Waals surface area contributed by atoms with E-state index in [9.17, 15) is 4.79 Å². The number of carbonyl (C=O) groups is 1. The Hall–Kier alpha value is -2.14. The van der Waals surface area contributed by atoms with Crippen molar-refractivity contribution in [2.45, 2.75) is 53.0 Å². The van der Waals surface area contributed by atoms with Crippen LogP contribution in [0.5, 0.6) is 0 Å². The number of hydrogen-bond acceptors (Lipinski definition) is 3. The highest BCUT2D eigenvalue weighted by Gasteiger charge is 2.24. The van der Waals surface area contributed by atoms with Gasteiger partial charge in [-0.2, -0.15) is 5.10 Å². The molecule has 0 spiro atoms. The van der Waals surface area contributed by atoms with E-state index in [-0.39, 0.29) is 5.91 Å².